The van der Waals surface area contributed by atoms with Crippen molar-refractivity contribution in [2.24, 2.45) is 0 Å². The van der Waals surface area contributed by atoms with Gasteiger partial charge in [-0.15, -0.1) is 47.5 Å². The van der Waals surface area contributed by atoms with Crippen LogP contribution in [-0.2, 0) is 26.2 Å². The van der Waals surface area contributed by atoms with Gasteiger partial charge < -0.3 is 14.0 Å². The van der Waals surface area contributed by atoms with Crippen molar-refractivity contribution in [2.75, 3.05) is 0 Å². The van der Waals surface area contributed by atoms with Crippen molar-refractivity contribution in [1.82, 2.24) is 4.57 Å². The Kier molecular flexibility index (Phi) is 8.66. The van der Waals surface area contributed by atoms with Crippen molar-refractivity contribution < 1.29 is 35.6 Å². The topological polar surface area (TPSA) is 4.93 Å². The van der Waals surface area contributed by atoms with Gasteiger partial charge in [-0.2, -0.15) is 6.08 Å². The molecule has 0 aliphatic heterocycles. The number of para-hydroxylation sites is 1. The van der Waals surface area contributed by atoms with Gasteiger partial charge in [0.25, 0.3) is 0 Å². The first-order valence-electron chi connectivity index (χ1n) is 8.27. The second-order valence-electron chi connectivity index (χ2n) is 6.05. The Balaban J connectivity index is 0.000000354. The standard InChI is InChI=1S/C17H12N.C6H7.2FH.Zr/c1-2-7-15-12-16(11-14(15)6-1)18-10-9-13-5-3-4-8-17(13)18;1-6-4-2-3-5-6;;;/h1-12H;2,4H,3H2,1H3;2*1H;/q2*-1;;;+4/p-2. The van der Waals surface area contributed by atoms with Gasteiger partial charge in [0.05, 0.1) is 5.52 Å². The second-order valence-corrected chi connectivity index (χ2v) is 6.05. The van der Waals surface area contributed by atoms with Crippen LogP contribution in [0.15, 0.2) is 90.7 Å². The molecular formula is C23H19F2NZr. The molecule has 0 atom stereocenters. The molecule has 0 spiro atoms. The molecule has 0 N–H and O–H groups in total. The van der Waals surface area contributed by atoms with Crippen LogP contribution in [0.25, 0.3) is 27.4 Å². The van der Waals surface area contributed by atoms with Gasteiger partial charge >= 0.3 is 26.2 Å². The molecule has 0 saturated heterocycles. The molecule has 1 aliphatic rings. The minimum Gasteiger partial charge on any atom is -1.00 e. The molecule has 134 valence electrons. The molecule has 4 aromatic rings. The van der Waals surface area contributed by atoms with Crippen LogP contribution >= 0.6 is 0 Å². The molecule has 27 heavy (non-hydrogen) atoms. The number of rotatable bonds is 1. The molecule has 0 radical (unpaired) electrons. The SMILES string of the molecule is CC1=[C-]CC=C1.[F-].[F-].[Zr+4].c1ccc2[cH-]c(-n3ccc4ccccc43)cc2c1. The molecule has 0 unspecified atom stereocenters. The van der Waals surface area contributed by atoms with E-state index in [9.17, 15) is 0 Å². The van der Waals surface area contributed by atoms with Crippen molar-refractivity contribution in [1.29, 1.82) is 0 Å². The fraction of sp³-hybridized carbons (Fsp3) is 0.0870. The number of hydrogen-bond acceptors (Lipinski definition) is 0. The van der Waals surface area contributed by atoms with E-state index in [1.165, 1.54) is 32.9 Å². The summed E-state index contributed by atoms with van der Waals surface area (Å²) in [5.41, 5.74) is 3.76. The minimum absolute atomic E-state index is 0. The van der Waals surface area contributed by atoms with E-state index in [2.05, 4.69) is 103 Å². The molecule has 0 amide bonds. The molecule has 1 nitrogen and oxygen atoms in total. The summed E-state index contributed by atoms with van der Waals surface area (Å²) in [4.78, 5) is 0. The van der Waals surface area contributed by atoms with Gasteiger partial charge in [0.1, 0.15) is 0 Å². The average molecular weight is 439 g/mol. The van der Waals surface area contributed by atoms with Gasteiger partial charge in [-0.05, 0) is 23.2 Å². The first-order valence-corrected chi connectivity index (χ1v) is 8.27. The number of benzene rings is 2. The zero-order valence-electron chi connectivity index (χ0n) is 15.0. The van der Waals surface area contributed by atoms with Crippen LogP contribution in [0.3, 0.4) is 0 Å². The van der Waals surface area contributed by atoms with Crippen LogP contribution in [0.4, 0.5) is 0 Å². The number of halogens is 2. The van der Waals surface area contributed by atoms with Gasteiger partial charge in [0, 0.05) is 6.20 Å². The Morgan fingerprint density at radius 3 is 2.26 bits per heavy atom. The first kappa shape index (κ1) is 22.9. The molecule has 0 fully saturated rings. The zero-order chi connectivity index (χ0) is 16.4. The number of fused-ring (bicyclic) bond motifs is 2. The summed E-state index contributed by atoms with van der Waals surface area (Å²) >= 11 is 0. The molecule has 1 heterocycles. The third kappa shape index (κ3) is 4.96. The van der Waals surface area contributed by atoms with E-state index in [1.54, 1.807) is 0 Å². The minimum atomic E-state index is 0. The van der Waals surface area contributed by atoms with Crippen molar-refractivity contribution >= 4 is 21.7 Å². The second kappa shape index (κ2) is 10.2. The summed E-state index contributed by atoms with van der Waals surface area (Å²) in [5.74, 6) is 0. The Labute approximate surface area is 177 Å². The van der Waals surface area contributed by atoms with Gasteiger partial charge in [-0.25, -0.2) is 11.6 Å². The maximum absolute atomic E-state index is 3.12. The fourth-order valence-corrected chi connectivity index (χ4v) is 3.10. The average Bonchev–Trinajstić information content (AvgIpc) is 3.33. The Morgan fingerprint density at radius 1 is 0.926 bits per heavy atom. The van der Waals surface area contributed by atoms with Crippen molar-refractivity contribution in [3.8, 4) is 5.69 Å². The van der Waals surface area contributed by atoms with Gasteiger partial charge in [-0.3, -0.25) is 6.08 Å². The molecular weight excluding hydrogens is 419 g/mol. The fourth-order valence-electron chi connectivity index (χ4n) is 3.10. The molecule has 4 heteroatoms. The van der Waals surface area contributed by atoms with Crippen LogP contribution < -0.4 is 9.41 Å². The van der Waals surface area contributed by atoms with E-state index in [-0.39, 0.29) is 35.6 Å². The molecule has 0 saturated carbocycles. The maximum atomic E-state index is 3.12. The summed E-state index contributed by atoms with van der Waals surface area (Å²) in [7, 11) is 0. The Bertz CT molecular complexity index is 1020. The molecule has 3 aromatic carbocycles. The van der Waals surface area contributed by atoms with Crippen molar-refractivity contribution in [3.05, 3.63) is 96.7 Å². The quantitative estimate of drug-likeness (QED) is 0.375. The van der Waals surface area contributed by atoms with Gasteiger partial charge in [-0.1, -0.05) is 31.2 Å². The van der Waals surface area contributed by atoms with Crippen LogP contribution in [0.1, 0.15) is 13.3 Å². The van der Waals surface area contributed by atoms with Gasteiger partial charge in [0.2, 0.25) is 0 Å². The van der Waals surface area contributed by atoms with E-state index in [1.807, 2.05) is 0 Å². The predicted octanol–water partition coefficient (Wildman–Crippen LogP) is 0.204. The smallest absolute Gasteiger partial charge is 1.00 e. The van der Waals surface area contributed by atoms with Crippen LogP contribution in [0.5, 0.6) is 0 Å². The molecule has 1 aliphatic carbocycles. The summed E-state index contributed by atoms with van der Waals surface area (Å²) in [6.45, 7) is 2.06. The normalized spacial score (nSPS) is 11.7. The van der Waals surface area contributed by atoms with Crippen molar-refractivity contribution in [3.63, 3.8) is 0 Å². The monoisotopic (exact) mass is 437 g/mol. The summed E-state index contributed by atoms with van der Waals surface area (Å²) < 4.78 is 2.25. The van der Waals surface area contributed by atoms with Crippen LogP contribution in [0, 0.1) is 6.08 Å². The maximum Gasteiger partial charge on any atom is 4.00 e. The van der Waals surface area contributed by atoms with E-state index >= 15 is 0 Å². The van der Waals surface area contributed by atoms with E-state index < -0.39 is 0 Å². The van der Waals surface area contributed by atoms with E-state index in [0.29, 0.717) is 0 Å². The summed E-state index contributed by atoms with van der Waals surface area (Å²) in [6, 6.07) is 23.6. The number of hydrogen-bond donors (Lipinski definition) is 0. The predicted molar refractivity (Wildman–Crippen MR) is 103 cm³/mol. The first-order chi connectivity index (χ1) is 11.8. The third-order valence-corrected chi connectivity index (χ3v) is 4.35. The van der Waals surface area contributed by atoms with Crippen LogP contribution in [-0.4, -0.2) is 4.57 Å². The Hall–Kier alpha value is -2.19. The summed E-state index contributed by atoms with van der Waals surface area (Å²) in [6.07, 6.45) is 10.5. The van der Waals surface area contributed by atoms with E-state index in [0.717, 1.165) is 6.42 Å². The van der Waals surface area contributed by atoms with E-state index in [4.69, 9.17) is 0 Å². The van der Waals surface area contributed by atoms with Crippen molar-refractivity contribution in [2.45, 2.75) is 13.3 Å². The number of allylic oxidation sites excluding steroid dienone is 4. The molecule has 1 aromatic heterocycles. The number of aromatic nitrogens is 1. The third-order valence-electron chi connectivity index (χ3n) is 4.35. The van der Waals surface area contributed by atoms with Gasteiger partial charge in [0.15, 0.2) is 0 Å². The summed E-state index contributed by atoms with van der Waals surface area (Å²) in [5, 5.41) is 3.87. The molecule has 0 bridgehead atoms. The Morgan fingerprint density at radius 2 is 1.63 bits per heavy atom. The van der Waals surface area contributed by atoms with Crippen LogP contribution in [0.2, 0.25) is 0 Å². The zero-order valence-corrected chi connectivity index (χ0v) is 17.5. The molecule has 5 rings (SSSR count). The largest absolute Gasteiger partial charge is 4.00 e. The number of nitrogens with zero attached hydrogens (tertiary/aromatic N) is 1.